The van der Waals surface area contributed by atoms with Gasteiger partial charge in [0.15, 0.2) is 0 Å². The van der Waals surface area contributed by atoms with Crippen LogP contribution in [0, 0.1) is 0 Å². The highest BCUT2D eigenvalue weighted by atomic mass is 35.5. The SMILES string of the molecule is Nc1ccc(Cl)c(C(F)(F)F)c1.Nc1ccccc1C(=O)Nc1ccc(Cl)c(C(F)(F)F)c1.O=c1[nH]c2ccccc2c(=O)o1. The fraction of sp³-hybridized carbons (Fsp3) is 0.0690. The van der Waals surface area contributed by atoms with E-state index in [1.54, 1.807) is 36.4 Å². The van der Waals surface area contributed by atoms with E-state index in [9.17, 15) is 40.7 Å². The van der Waals surface area contributed by atoms with E-state index >= 15 is 0 Å². The fourth-order valence-corrected chi connectivity index (χ4v) is 3.98. The number of hydrogen-bond acceptors (Lipinski definition) is 6. The van der Waals surface area contributed by atoms with Gasteiger partial charge in [-0.15, -0.1) is 0 Å². The van der Waals surface area contributed by atoms with Gasteiger partial charge in [0.2, 0.25) is 0 Å². The van der Waals surface area contributed by atoms with E-state index in [1.165, 1.54) is 24.3 Å². The van der Waals surface area contributed by atoms with Crippen molar-refractivity contribution in [2.75, 3.05) is 16.8 Å². The Kier molecular flexibility index (Phi) is 10.9. The maximum absolute atomic E-state index is 12.7. The molecule has 45 heavy (non-hydrogen) atoms. The number of nitrogens with one attached hydrogen (secondary N) is 2. The number of anilines is 3. The molecule has 8 nitrogen and oxygen atoms in total. The molecule has 1 aromatic heterocycles. The molecule has 0 saturated carbocycles. The Bertz CT molecular complexity index is 1940. The third-order valence-corrected chi connectivity index (χ3v) is 6.26. The quantitative estimate of drug-likeness (QED) is 0.112. The summed E-state index contributed by atoms with van der Waals surface area (Å²) >= 11 is 10.8. The Morgan fingerprint density at radius 3 is 1.91 bits per heavy atom. The van der Waals surface area contributed by atoms with Gasteiger partial charge in [0, 0.05) is 17.1 Å². The number of nitrogen functional groups attached to an aromatic ring is 2. The minimum Gasteiger partial charge on any atom is -0.399 e. The molecule has 0 unspecified atom stereocenters. The molecule has 0 bridgehead atoms. The molecule has 0 aliphatic rings. The predicted octanol–water partition coefficient (Wildman–Crippen LogP) is 7.62. The average Bonchev–Trinajstić information content (AvgIpc) is 2.95. The standard InChI is InChI=1S/C14H10ClF3N2O.C8H5NO3.C7H5ClF3N/c15-11-6-5-8(7-10(11)14(16,17)18)20-13(21)9-3-1-2-4-12(9)19;10-7-5-3-1-2-4-6(5)9-8(11)12-7;8-6-2-1-4(12)3-5(6)7(9,10)11/h1-7H,19H2,(H,20,21);1-4H,(H,9,11);1-3H,12H2. The molecule has 0 spiro atoms. The first kappa shape index (κ1) is 34.5. The molecule has 16 heteroatoms. The number of carbonyl (C=O) groups is 1. The average molecular weight is 673 g/mol. The van der Waals surface area contributed by atoms with E-state index in [4.69, 9.17) is 34.7 Å². The zero-order chi connectivity index (χ0) is 33.5. The number of benzene rings is 4. The molecule has 4 aromatic carbocycles. The molecule has 5 rings (SSSR count). The predicted molar refractivity (Wildman–Crippen MR) is 159 cm³/mol. The summed E-state index contributed by atoms with van der Waals surface area (Å²) < 4.78 is 78.8. The third kappa shape index (κ3) is 9.52. The number of hydrogen-bond donors (Lipinski definition) is 4. The number of aromatic nitrogens is 1. The summed E-state index contributed by atoms with van der Waals surface area (Å²) in [6, 6.07) is 19.3. The summed E-state index contributed by atoms with van der Waals surface area (Å²) in [6.07, 6.45) is -9.03. The zero-order valence-electron chi connectivity index (χ0n) is 22.4. The molecule has 6 N–H and O–H groups in total. The van der Waals surface area contributed by atoms with Crippen molar-refractivity contribution in [2.24, 2.45) is 0 Å². The number of nitrogens with two attached hydrogens (primary N) is 2. The second-order valence-corrected chi connectivity index (χ2v) is 9.63. The number of carbonyl (C=O) groups excluding carboxylic acids is 1. The monoisotopic (exact) mass is 672 g/mol. The number of alkyl halides is 6. The van der Waals surface area contributed by atoms with Gasteiger partial charge in [-0.25, -0.2) is 9.59 Å². The summed E-state index contributed by atoms with van der Waals surface area (Å²) in [6.45, 7) is 0. The number of halogens is 8. The number of H-pyrrole nitrogens is 1. The van der Waals surface area contributed by atoms with Gasteiger partial charge < -0.3 is 21.2 Å². The van der Waals surface area contributed by atoms with Gasteiger partial charge in [-0.1, -0.05) is 47.5 Å². The maximum atomic E-state index is 12.7. The summed E-state index contributed by atoms with van der Waals surface area (Å²) in [4.78, 5) is 36.1. The van der Waals surface area contributed by atoms with Crippen molar-refractivity contribution >= 4 is 57.1 Å². The van der Waals surface area contributed by atoms with E-state index < -0.39 is 45.8 Å². The van der Waals surface area contributed by atoms with Crippen molar-refractivity contribution in [3.8, 4) is 0 Å². The van der Waals surface area contributed by atoms with Crippen molar-refractivity contribution < 1.29 is 35.6 Å². The fourth-order valence-electron chi connectivity index (χ4n) is 3.53. The zero-order valence-corrected chi connectivity index (χ0v) is 23.9. The molecule has 0 radical (unpaired) electrons. The van der Waals surface area contributed by atoms with Crippen LogP contribution in [0.4, 0.5) is 43.4 Å². The van der Waals surface area contributed by atoms with Crippen LogP contribution in [0.15, 0.2) is 98.9 Å². The van der Waals surface area contributed by atoms with Crippen LogP contribution < -0.4 is 28.2 Å². The summed E-state index contributed by atoms with van der Waals surface area (Å²) in [5.41, 5.74) is 9.24. The van der Waals surface area contributed by atoms with Crippen molar-refractivity contribution in [3.63, 3.8) is 0 Å². The van der Waals surface area contributed by atoms with Crippen LogP contribution in [0.2, 0.25) is 10.0 Å². The lowest BCUT2D eigenvalue weighted by atomic mass is 10.1. The van der Waals surface area contributed by atoms with Gasteiger partial charge in [-0.2, -0.15) is 26.3 Å². The Morgan fingerprint density at radius 1 is 0.756 bits per heavy atom. The Balaban J connectivity index is 0.000000197. The van der Waals surface area contributed by atoms with Gasteiger partial charge in [-0.05, 0) is 60.7 Å². The summed E-state index contributed by atoms with van der Waals surface area (Å²) in [5.74, 6) is -1.32. The third-order valence-electron chi connectivity index (χ3n) is 5.60. The Morgan fingerprint density at radius 2 is 1.31 bits per heavy atom. The van der Waals surface area contributed by atoms with Gasteiger partial charge in [-0.3, -0.25) is 9.78 Å². The Hall–Kier alpha value is -4.95. The van der Waals surface area contributed by atoms with Crippen LogP contribution in [0.5, 0.6) is 0 Å². The van der Waals surface area contributed by atoms with Crippen molar-refractivity contribution in [1.82, 2.24) is 4.98 Å². The van der Waals surface area contributed by atoms with E-state index in [0.717, 1.165) is 24.3 Å². The minimum atomic E-state index is -4.59. The van der Waals surface area contributed by atoms with E-state index in [2.05, 4.69) is 14.7 Å². The second-order valence-electron chi connectivity index (χ2n) is 8.82. The number of aromatic amines is 1. The van der Waals surface area contributed by atoms with E-state index in [0.29, 0.717) is 10.9 Å². The highest BCUT2D eigenvalue weighted by Gasteiger charge is 2.34. The van der Waals surface area contributed by atoms with Crippen LogP contribution in [-0.4, -0.2) is 10.9 Å². The van der Waals surface area contributed by atoms with Crippen molar-refractivity contribution in [1.29, 1.82) is 0 Å². The number of para-hydroxylation sites is 2. The van der Waals surface area contributed by atoms with Gasteiger partial charge in [0.05, 0.1) is 37.6 Å². The molecular formula is C29H20Cl2F6N4O4. The van der Waals surface area contributed by atoms with Crippen LogP contribution in [0.1, 0.15) is 21.5 Å². The highest BCUT2D eigenvalue weighted by molar-refractivity contribution is 6.31. The van der Waals surface area contributed by atoms with Gasteiger partial charge >= 0.3 is 23.7 Å². The lowest BCUT2D eigenvalue weighted by molar-refractivity contribution is -0.138. The van der Waals surface area contributed by atoms with E-state index in [-0.39, 0.29) is 27.6 Å². The van der Waals surface area contributed by atoms with Crippen LogP contribution in [-0.2, 0) is 12.4 Å². The number of amides is 1. The van der Waals surface area contributed by atoms with Crippen LogP contribution in [0.25, 0.3) is 10.9 Å². The molecule has 236 valence electrons. The van der Waals surface area contributed by atoms with E-state index in [1.807, 2.05) is 0 Å². The molecule has 1 heterocycles. The molecule has 0 fully saturated rings. The normalized spacial score (nSPS) is 11.1. The minimum absolute atomic E-state index is 0.0139. The number of fused-ring (bicyclic) bond motifs is 1. The molecule has 0 aliphatic carbocycles. The second kappa shape index (κ2) is 14.2. The largest absolute Gasteiger partial charge is 0.419 e. The first-order chi connectivity index (χ1) is 21.0. The lowest BCUT2D eigenvalue weighted by Gasteiger charge is -2.12. The lowest BCUT2D eigenvalue weighted by Crippen LogP contribution is -2.15. The molecule has 0 aliphatic heterocycles. The summed E-state index contributed by atoms with van der Waals surface area (Å²) in [5, 5.41) is 1.98. The topological polar surface area (TPSA) is 144 Å². The van der Waals surface area contributed by atoms with Crippen molar-refractivity contribution in [3.05, 3.63) is 133 Å². The molecule has 0 saturated heterocycles. The maximum Gasteiger partial charge on any atom is 0.419 e. The highest BCUT2D eigenvalue weighted by Crippen LogP contribution is 2.37. The molecule has 5 aromatic rings. The first-order valence-electron chi connectivity index (χ1n) is 12.2. The summed E-state index contributed by atoms with van der Waals surface area (Å²) in [7, 11) is 0. The van der Waals surface area contributed by atoms with Crippen LogP contribution >= 0.6 is 23.2 Å². The van der Waals surface area contributed by atoms with Crippen molar-refractivity contribution in [2.45, 2.75) is 12.4 Å². The smallest absolute Gasteiger partial charge is 0.399 e. The van der Waals surface area contributed by atoms with Crippen LogP contribution in [0.3, 0.4) is 0 Å². The molecular weight excluding hydrogens is 653 g/mol. The Labute approximate surface area is 259 Å². The molecule has 1 amide bonds. The molecule has 0 atom stereocenters. The van der Waals surface area contributed by atoms with Gasteiger partial charge in [0.1, 0.15) is 0 Å². The van der Waals surface area contributed by atoms with Gasteiger partial charge in [0.25, 0.3) is 5.91 Å². The number of rotatable bonds is 2. The first-order valence-corrected chi connectivity index (χ1v) is 13.0.